The number of esters is 2. The van der Waals surface area contributed by atoms with E-state index in [9.17, 15) is 9.59 Å². The molecule has 1 aliphatic carbocycles. The molecule has 1 heterocycles. The van der Waals surface area contributed by atoms with Crippen LogP contribution in [-0.4, -0.2) is 24.3 Å². The highest BCUT2D eigenvalue weighted by Gasteiger charge is 2.46. The number of hydroxylamine groups is 1. The number of hydrogen-bond acceptors (Lipinski definition) is 6. The van der Waals surface area contributed by atoms with Gasteiger partial charge in [0.15, 0.2) is 5.57 Å². The van der Waals surface area contributed by atoms with Crippen molar-refractivity contribution in [3.8, 4) is 0 Å². The Morgan fingerprint density at radius 3 is 2.71 bits per heavy atom. The lowest BCUT2D eigenvalue weighted by Gasteiger charge is -2.32. The van der Waals surface area contributed by atoms with Crippen molar-refractivity contribution >= 4 is 11.9 Å². The van der Waals surface area contributed by atoms with Crippen molar-refractivity contribution < 1.29 is 23.9 Å². The van der Waals surface area contributed by atoms with E-state index in [1.165, 1.54) is 0 Å². The zero-order valence-electron chi connectivity index (χ0n) is 12.0. The Morgan fingerprint density at radius 2 is 2.19 bits per heavy atom. The zero-order chi connectivity index (χ0) is 15.3. The lowest BCUT2D eigenvalue weighted by atomic mass is 10.1. The minimum Gasteiger partial charge on any atom is -0.415 e. The lowest BCUT2D eigenvalue weighted by Crippen LogP contribution is -2.45. The number of nitrogens with one attached hydrogen (secondary N) is 1. The van der Waals surface area contributed by atoms with E-state index < -0.39 is 17.7 Å². The molecule has 1 spiro atoms. The second-order valence-electron chi connectivity index (χ2n) is 4.84. The topological polar surface area (TPSA) is 73.9 Å². The van der Waals surface area contributed by atoms with Crippen molar-refractivity contribution in [2.45, 2.75) is 38.4 Å². The number of hydrogen-bond donors (Lipinski definition) is 1. The second-order valence-corrected chi connectivity index (χ2v) is 4.84. The van der Waals surface area contributed by atoms with Gasteiger partial charge in [0.25, 0.3) is 5.79 Å². The Balaban J connectivity index is 2.20. The fraction of sp³-hybridized carbons (Fsp3) is 0.467. The predicted octanol–water partition coefficient (Wildman–Crippen LogP) is 1.89. The maximum atomic E-state index is 12.2. The van der Waals surface area contributed by atoms with Crippen molar-refractivity contribution in [2.24, 2.45) is 0 Å². The van der Waals surface area contributed by atoms with E-state index in [-0.39, 0.29) is 12.2 Å². The Morgan fingerprint density at radius 1 is 1.48 bits per heavy atom. The lowest BCUT2D eigenvalue weighted by molar-refractivity contribution is -0.218. The fourth-order valence-electron chi connectivity index (χ4n) is 2.23. The quantitative estimate of drug-likeness (QED) is 0.201. The number of carbonyl (C=O) groups excluding carboxylic acids is 2. The molecule has 1 fully saturated rings. The Bertz CT molecular complexity index is 486. The molecule has 2 rings (SSSR count). The number of carbonyl (C=O) groups is 2. The Kier molecular flexibility index (Phi) is 4.80. The van der Waals surface area contributed by atoms with Crippen LogP contribution in [0.1, 0.15) is 32.6 Å². The average molecular weight is 293 g/mol. The molecular formula is C15H19NO5. The zero-order valence-corrected chi connectivity index (χ0v) is 12.0. The van der Waals surface area contributed by atoms with Crippen LogP contribution in [0.25, 0.3) is 0 Å². The Labute approximate surface area is 123 Å². The molecule has 6 heteroatoms. The van der Waals surface area contributed by atoms with Crippen LogP contribution in [0.4, 0.5) is 0 Å². The fourth-order valence-corrected chi connectivity index (χ4v) is 2.23. The van der Waals surface area contributed by atoms with Crippen molar-refractivity contribution in [2.75, 3.05) is 6.61 Å². The van der Waals surface area contributed by atoms with E-state index in [2.05, 4.69) is 12.1 Å². The smallest absolute Gasteiger partial charge is 0.351 e. The van der Waals surface area contributed by atoms with Crippen LogP contribution < -0.4 is 5.48 Å². The molecule has 0 bridgehead atoms. The molecule has 21 heavy (non-hydrogen) atoms. The summed E-state index contributed by atoms with van der Waals surface area (Å²) in [7, 11) is 0. The molecule has 1 N–H and O–H groups in total. The Hall–Kier alpha value is -2.08. The second kappa shape index (κ2) is 6.58. The van der Waals surface area contributed by atoms with Gasteiger partial charge in [0, 0.05) is 6.42 Å². The van der Waals surface area contributed by atoms with Gasteiger partial charge in [0.2, 0.25) is 0 Å². The molecule has 0 amide bonds. The first-order valence-corrected chi connectivity index (χ1v) is 6.98. The van der Waals surface area contributed by atoms with E-state index >= 15 is 0 Å². The van der Waals surface area contributed by atoms with Crippen molar-refractivity contribution in [3.63, 3.8) is 0 Å². The summed E-state index contributed by atoms with van der Waals surface area (Å²) in [5.74, 6) is -2.59. The van der Waals surface area contributed by atoms with E-state index in [0.29, 0.717) is 25.0 Å². The molecule has 0 aromatic rings. The molecule has 0 radical (unpaired) electrons. The van der Waals surface area contributed by atoms with E-state index in [1.807, 2.05) is 13.0 Å². The van der Waals surface area contributed by atoms with Gasteiger partial charge < -0.3 is 9.47 Å². The van der Waals surface area contributed by atoms with E-state index in [1.54, 1.807) is 12.2 Å². The molecule has 0 saturated carbocycles. The number of rotatable bonds is 6. The molecule has 1 saturated heterocycles. The summed E-state index contributed by atoms with van der Waals surface area (Å²) in [5, 5.41) is 0. The summed E-state index contributed by atoms with van der Waals surface area (Å²) in [6.45, 7) is 5.70. The standard InChI is InChI=1S/C15H19NO5/c1-3-7-11(16-19-10-4-2)12-13(17)20-15(21-14(12)18)8-5-6-9-15/h4-5,8,16H,2-3,6-7,9-10H2,1H3. The van der Waals surface area contributed by atoms with Gasteiger partial charge >= 0.3 is 11.9 Å². The molecule has 0 unspecified atom stereocenters. The minimum absolute atomic E-state index is 0.133. The van der Waals surface area contributed by atoms with Gasteiger partial charge in [-0.2, -0.15) is 0 Å². The third-order valence-corrected chi connectivity index (χ3v) is 3.17. The van der Waals surface area contributed by atoms with Gasteiger partial charge in [0.05, 0.1) is 12.3 Å². The van der Waals surface area contributed by atoms with Gasteiger partial charge in [-0.3, -0.25) is 10.3 Å². The van der Waals surface area contributed by atoms with Gasteiger partial charge in [-0.1, -0.05) is 25.5 Å². The molecule has 0 aromatic carbocycles. The summed E-state index contributed by atoms with van der Waals surface area (Å²) < 4.78 is 10.6. The van der Waals surface area contributed by atoms with Crippen LogP contribution in [0, 0.1) is 0 Å². The number of allylic oxidation sites excluding steroid dienone is 2. The van der Waals surface area contributed by atoms with Crippen LogP contribution in [0.3, 0.4) is 0 Å². The highest BCUT2D eigenvalue weighted by atomic mass is 16.7. The van der Waals surface area contributed by atoms with E-state index in [0.717, 1.165) is 6.42 Å². The highest BCUT2D eigenvalue weighted by molar-refractivity contribution is 6.16. The summed E-state index contributed by atoms with van der Waals surface area (Å²) in [6, 6.07) is 0. The summed E-state index contributed by atoms with van der Waals surface area (Å²) in [5.41, 5.74) is 2.85. The van der Waals surface area contributed by atoms with Crippen LogP contribution in [-0.2, 0) is 23.9 Å². The highest BCUT2D eigenvalue weighted by Crippen LogP contribution is 2.34. The first-order valence-electron chi connectivity index (χ1n) is 6.98. The first kappa shape index (κ1) is 15.3. The van der Waals surface area contributed by atoms with Gasteiger partial charge in [-0.25, -0.2) is 9.59 Å². The monoisotopic (exact) mass is 293 g/mol. The van der Waals surface area contributed by atoms with Crippen molar-refractivity contribution in [1.82, 2.24) is 5.48 Å². The first-order chi connectivity index (χ1) is 10.1. The molecule has 6 nitrogen and oxygen atoms in total. The number of ether oxygens (including phenoxy) is 2. The van der Waals surface area contributed by atoms with Gasteiger partial charge in [0.1, 0.15) is 0 Å². The summed E-state index contributed by atoms with van der Waals surface area (Å²) in [6.07, 6.45) is 7.36. The minimum atomic E-state index is -1.23. The van der Waals surface area contributed by atoms with Crippen LogP contribution in [0.15, 0.2) is 36.1 Å². The van der Waals surface area contributed by atoms with E-state index in [4.69, 9.17) is 14.3 Å². The molecule has 0 aromatic heterocycles. The normalized spacial score (nSPS) is 24.0. The maximum Gasteiger partial charge on any atom is 0.351 e. The average Bonchev–Trinajstić information content (AvgIpc) is 2.86. The van der Waals surface area contributed by atoms with Crippen LogP contribution in [0.2, 0.25) is 0 Å². The third-order valence-electron chi connectivity index (χ3n) is 3.17. The van der Waals surface area contributed by atoms with Gasteiger partial charge in [-0.05, 0) is 18.9 Å². The summed E-state index contributed by atoms with van der Waals surface area (Å²) >= 11 is 0. The van der Waals surface area contributed by atoms with Crippen LogP contribution in [0.5, 0.6) is 0 Å². The maximum absolute atomic E-state index is 12.2. The largest absolute Gasteiger partial charge is 0.415 e. The van der Waals surface area contributed by atoms with Crippen molar-refractivity contribution in [1.29, 1.82) is 0 Å². The molecular weight excluding hydrogens is 274 g/mol. The molecule has 2 aliphatic rings. The van der Waals surface area contributed by atoms with Gasteiger partial charge in [-0.15, -0.1) is 6.58 Å². The van der Waals surface area contributed by atoms with Crippen LogP contribution >= 0.6 is 0 Å². The summed E-state index contributed by atoms with van der Waals surface area (Å²) in [4.78, 5) is 29.5. The molecule has 0 atom stereocenters. The third kappa shape index (κ3) is 3.33. The predicted molar refractivity (Wildman–Crippen MR) is 74.5 cm³/mol. The van der Waals surface area contributed by atoms with Crippen molar-refractivity contribution in [3.05, 3.63) is 36.1 Å². The molecule has 114 valence electrons. The molecule has 1 aliphatic heterocycles. The SMILES string of the molecule is C=CCONC(CCC)=C1C(=O)OC2(C=CCC2)OC1=O.